The molecule has 3 rings (SSSR count). The number of rotatable bonds is 5. The molecule has 0 radical (unpaired) electrons. The Balaban J connectivity index is 1.77. The van der Waals surface area contributed by atoms with Crippen LogP contribution in [0.4, 0.5) is 17.6 Å². The average molecular weight is 430 g/mol. The topological polar surface area (TPSA) is 88.2 Å². The maximum Gasteiger partial charge on any atom is 0.416 e. The molecule has 2 N–H and O–H groups in total. The van der Waals surface area contributed by atoms with E-state index in [1.165, 1.54) is 12.1 Å². The van der Waals surface area contributed by atoms with E-state index < -0.39 is 36.1 Å². The normalized spacial score (nSPS) is 12.6. The Labute approximate surface area is 166 Å². The van der Waals surface area contributed by atoms with Crippen molar-refractivity contribution >= 4 is 17.5 Å². The minimum atomic E-state index is -4.48. The first-order valence-corrected chi connectivity index (χ1v) is 8.45. The number of alkyl halides is 3. The summed E-state index contributed by atoms with van der Waals surface area (Å²) in [6.45, 7) is -0.643. The van der Waals surface area contributed by atoms with Crippen LogP contribution in [0.25, 0.3) is 11.4 Å². The lowest BCUT2D eigenvalue weighted by atomic mass is 10.1. The number of hydrogen-bond acceptors (Lipinski definition) is 5. The summed E-state index contributed by atoms with van der Waals surface area (Å²) < 4.78 is 56.8. The summed E-state index contributed by atoms with van der Waals surface area (Å²) in [5.41, 5.74) is -0.912. The molecule has 0 fully saturated rings. The summed E-state index contributed by atoms with van der Waals surface area (Å²) >= 11 is 5.64. The van der Waals surface area contributed by atoms with Crippen molar-refractivity contribution in [1.82, 2.24) is 15.5 Å². The summed E-state index contributed by atoms with van der Waals surface area (Å²) in [5.74, 6) is -1.96. The van der Waals surface area contributed by atoms with E-state index in [4.69, 9.17) is 16.1 Å². The third kappa shape index (κ3) is 4.72. The fraction of sp³-hybridized carbons (Fsp3) is 0.167. The molecule has 0 aliphatic carbocycles. The number of aliphatic hydroxyl groups excluding tert-OH is 1. The Morgan fingerprint density at radius 1 is 1.21 bits per heavy atom. The molecule has 3 aromatic rings. The van der Waals surface area contributed by atoms with Gasteiger partial charge in [-0.15, -0.1) is 0 Å². The molecule has 6 nitrogen and oxygen atoms in total. The van der Waals surface area contributed by atoms with Gasteiger partial charge in [0.05, 0.1) is 17.7 Å². The third-order valence-corrected chi connectivity index (χ3v) is 4.11. The van der Waals surface area contributed by atoms with Gasteiger partial charge >= 0.3 is 6.18 Å². The quantitative estimate of drug-likeness (QED) is 0.598. The molecule has 0 bridgehead atoms. The Morgan fingerprint density at radius 2 is 1.90 bits per heavy atom. The van der Waals surface area contributed by atoms with E-state index in [9.17, 15) is 27.5 Å². The molecule has 11 heteroatoms. The first-order chi connectivity index (χ1) is 13.7. The highest BCUT2D eigenvalue weighted by Gasteiger charge is 2.30. The number of benzene rings is 2. The minimum absolute atomic E-state index is 0.0425. The van der Waals surface area contributed by atoms with Gasteiger partial charge in [0.25, 0.3) is 11.8 Å². The van der Waals surface area contributed by atoms with Crippen molar-refractivity contribution in [3.63, 3.8) is 0 Å². The van der Waals surface area contributed by atoms with Crippen LogP contribution in [0.15, 0.2) is 47.0 Å². The number of aromatic nitrogens is 2. The zero-order valence-corrected chi connectivity index (χ0v) is 15.1. The molecule has 2 aromatic carbocycles. The van der Waals surface area contributed by atoms with Crippen molar-refractivity contribution < 1.29 is 32.0 Å². The van der Waals surface area contributed by atoms with Crippen LogP contribution >= 0.6 is 11.6 Å². The lowest BCUT2D eigenvalue weighted by molar-refractivity contribution is -0.137. The molecule has 1 aromatic heterocycles. The van der Waals surface area contributed by atoms with Crippen LogP contribution in [-0.2, 0) is 6.18 Å². The van der Waals surface area contributed by atoms with Crippen LogP contribution in [0.3, 0.4) is 0 Å². The number of carbonyl (C=O) groups is 1. The van der Waals surface area contributed by atoms with Crippen LogP contribution < -0.4 is 5.32 Å². The molecule has 29 heavy (non-hydrogen) atoms. The summed E-state index contributed by atoms with van der Waals surface area (Å²) in [7, 11) is 0. The molecule has 0 aliphatic heterocycles. The number of carbonyl (C=O) groups excluding carboxylic acids is 1. The van der Waals surface area contributed by atoms with E-state index in [1.807, 2.05) is 0 Å². The predicted octanol–water partition coefficient (Wildman–Crippen LogP) is 4.01. The van der Waals surface area contributed by atoms with Crippen molar-refractivity contribution in [2.75, 3.05) is 6.61 Å². The van der Waals surface area contributed by atoms with E-state index in [0.29, 0.717) is 0 Å². The highest BCUT2D eigenvalue weighted by molar-refractivity contribution is 6.30. The number of amides is 1. The smallest absolute Gasteiger partial charge is 0.394 e. The predicted molar refractivity (Wildman–Crippen MR) is 93.4 cm³/mol. The summed E-state index contributed by atoms with van der Waals surface area (Å²) in [6, 6.07) is 6.33. The number of halogens is 5. The molecular weight excluding hydrogens is 418 g/mol. The largest absolute Gasteiger partial charge is 0.416 e. The van der Waals surface area contributed by atoms with Gasteiger partial charge in [-0.05, 0) is 30.3 Å². The van der Waals surface area contributed by atoms with Crippen molar-refractivity contribution in [1.29, 1.82) is 0 Å². The molecule has 1 heterocycles. The maximum absolute atomic E-state index is 13.9. The fourth-order valence-corrected chi connectivity index (χ4v) is 2.56. The SMILES string of the molecule is O=C(N[C@@H](CO)c1nc(-c2ccc(C(F)(F)F)cc2)no1)c1ccc(Cl)cc1F. The Morgan fingerprint density at radius 3 is 2.48 bits per heavy atom. The van der Waals surface area contributed by atoms with E-state index in [0.717, 1.165) is 30.3 Å². The number of aliphatic hydroxyl groups is 1. The standard InChI is InChI=1S/C18H12ClF4N3O3/c19-11-5-6-12(13(20)7-11)16(28)24-14(8-27)17-25-15(26-29-17)9-1-3-10(4-2-9)18(21,22)23/h1-7,14,27H,8H2,(H,24,28)/t14-/m0/s1. The zero-order valence-electron chi connectivity index (χ0n) is 14.4. The van der Waals surface area contributed by atoms with E-state index >= 15 is 0 Å². The molecule has 1 amide bonds. The van der Waals surface area contributed by atoms with Gasteiger partial charge in [-0.2, -0.15) is 18.2 Å². The van der Waals surface area contributed by atoms with Crippen LogP contribution in [0.1, 0.15) is 27.9 Å². The maximum atomic E-state index is 13.9. The molecule has 0 saturated carbocycles. The lowest BCUT2D eigenvalue weighted by Gasteiger charge is -2.12. The first-order valence-electron chi connectivity index (χ1n) is 8.07. The number of nitrogens with one attached hydrogen (secondary N) is 1. The lowest BCUT2D eigenvalue weighted by Crippen LogP contribution is -2.31. The summed E-state index contributed by atoms with van der Waals surface area (Å²) in [6.07, 6.45) is -4.48. The van der Waals surface area contributed by atoms with Crippen LogP contribution in [0.2, 0.25) is 5.02 Å². The fourth-order valence-electron chi connectivity index (χ4n) is 2.40. The molecule has 0 saturated heterocycles. The zero-order chi connectivity index (χ0) is 21.2. The van der Waals surface area contributed by atoms with Gasteiger partial charge in [-0.25, -0.2) is 4.39 Å². The summed E-state index contributed by atoms with van der Waals surface area (Å²) in [5, 5.41) is 15.6. The van der Waals surface area contributed by atoms with Gasteiger partial charge in [-0.3, -0.25) is 4.79 Å². The molecule has 0 aliphatic rings. The first kappa shape index (κ1) is 20.7. The van der Waals surface area contributed by atoms with E-state index in [-0.39, 0.29) is 27.9 Å². The Kier molecular flexibility index (Phi) is 5.85. The van der Waals surface area contributed by atoms with Crippen LogP contribution in [0, 0.1) is 5.82 Å². The molecule has 0 spiro atoms. The number of hydrogen-bond donors (Lipinski definition) is 2. The average Bonchev–Trinajstić information content (AvgIpc) is 3.15. The second-order valence-corrected chi connectivity index (χ2v) is 6.30. The van der Waals surface area contributed by atoms with Gasteiger partial charge in [0.15, 0.2) is 0 Å². The summed E-state index contributed by atoms with van der Waals surface area (Å²) in [4.78, 5) is 16.2. The van der Waals surface area contributed by atoms with Crippen LogP contribution in [-0.4, -0.2) is 27.8 Å². The van der Waals surface area contributed by atoms with Gasteiger partial charge in [-0.1, -0.05) is 28.9 Å². The molecular formula is C18H12ClF4N3O3. The Hall–Kier alpha value is -2.98. The minimum Gasteiger partial charge on any atom is -0.394 e. The van der Waals surface area contributed by atoms with E-state index in [2.05, 4.69) is 15.5 Å². The van der Waals surface area contributed by atoms with Crippen molar-refractivity contribution in [2.24, 2.45) is 0 Å². The highest BCUT2D eigenvalue weighted by atomic mass is 35.5. The molecule has 152 valence electrons. The van der Waals surface area contributed by atoms with Gasteiger partial charge < -0.3 is 14.9 Å². The van der Waals surface area contributed by atoms with Gasteiger partial charge in [0, 0.05) is 10.6 Å². The second kappa shape index (κ2) is 8.18. The van der Waals surface area contributed by atoms with Gasteiger partial charge in [0.2, 0.25) is 5.82 Å². The molecule has 1 atom stereocenters. The third-order valence-electron chi connectivity index (χ3n) is 3.87. The monoisotopic (exact) mass is 429 g/mol. The van der Waals surface area contributed by atoms with E-state index in [1.54, 1.807) is 0 Å². The van der Waals surface area contributed by atoms with Gasteiger partial charge in [0.1, 0.15) is 11.9 Å². The molecule has 0 unspecified atom stereocenters. The van der Waals surface area contributed by atoms with Crippen molar-refractivity contribution in [3.8, 4) is 11.4 Å². The van der Waals surface area contributed by atoms with Crippen molar-refractivity contribution in [3.05, 3.63) is 70.3 Å². The Bertz CT molecular complexity index is 1020. The van der Waals surface area contributed by atoms with Crippen LogP contribution in [0.5, 0.6) is 0 Å². The number of nitrogens with zero attached hydrogens (tertiary/aromatic N) is 2. The van der Waals surface area contributed by atoms with Crippen molar-refractivity contribution in [2.45, 2.75) is 12.2 Å². The second-order valence-electron chi connectivity index (χ2n) is 5.86. The highest BCUT2D eigenvalue weighted by Crippen LogP contribution is 2.30.